The van der Waals surface area contributed by atoms with Crippen molar-refractivity contribution in [3.05, 3.63) is 71.8 Å². The maximum Gasteiger partial charge on any atom is 0.333 e. The van der Waals surface area contributed by atoms with Gasteiger partial charge >= 0.3 is 6.03 Å². The predicted molar refractivity (Wildman–Crippen MR) is 98.3 cm³/mol. The van der Waals surface area contributed by atoms with Gasteiger partial charge in [0.1, 0.15) is 0 Å². The summed E-state index contributed by atoms with van der Waals surface area (Å²) in [5, 5.41) is 0. The van der Waals surface area contributed by atoms with Crippen LogP contribution in [0.15, 0.2) is 60.7 Å². The monoisotopic (exact) mass is 350 g/mol. The fourth-order valence-electron chi connectivity index (χ4n) is 3.05. The maximum absolute atomic E-state index is 12.8. The third-order valence-corrected chi connectivity index (χ3v) is 4.55. The van der Waals surface area contributed by atoms with Crippen LogP contribution in [0.4, 0.5) is 4.79 Å². The summed E-state index contributed by atoms with van der Waals surface area (Å²) in [5.41, 5.74) is 2.11. The summed E-state index contributed by atoms with van der Waals surface area (Å²) in [5.74, 6) is -0.553. The van der Waals surface area contributed by atoms with E-state index in [1.54, 1.807) is 0 Å². The molecule has 0 unspecified atom stereocenters. The third-order valence-electron chi connectivity index (χ3n) is 4.55. The number of imide groups is 2. The van der Waals surface area contributed by atoms with Crippen molar-refractivity contribution in [3.8, 4) is 0 Å². The highest BCUT2D eigenvalue weighted by molar-refractivity contribution is 6.05. The molecule has 5 nitrogen and oxygen atoms in total. The Kier molecular flexibility index (Phi) is 5.79. The van der Waals surface area contributed by atoms with Crippen molar-refractivity contribution in [1.82, 2.24) is 9.80 Å². The van der Waals surface area contributed by atoms with E-state index < -0.39 is 6.03 Å². The standard InChI is InChI=1S/C21H22N2O3/c24-19-11-12-20(25)23(16-14-18-9-5-2-6-10-18)21(26)22(19)15-13-17-7-3-1-4-8-17/h1-10H,11-16H2. The lowest BCUT2D eigenvalue weighted by Gasteiger charge is -2.25. The molecule has 2 aromatic rings. The first-order valence-electron chi connectivity index (χ1n) is 8.87. The molecule has 2 aromatic carbocycles. The lowest BCUT2D eigenvalue weighted by atomic mass is 10.1. The van der Waals surface area contributed by atoms with Gasteiger partial charge in [0.25, 0.3) is 0 Å². The smallest absolute Gasteiger partial charge is 0.274 e. The molecular weight excluding hydrogens is 328 g/mol. The van der Waals surface area contributed by atoms with Crippen LogP contribution in [0.1, 0.15) is 24.0 Å². The highest BCUT2D eigenvalue weighted by Crippen LogP contribution is 2.15. The topological polar surface area (TPSA) is 57.7 Å². The molecule has 1 fully saturated rings. The molecule has 0 N–H and O–H groups in total. The van der Waals surface area contributed by atoms with Gasteiger partial charge in [-0.3, -0.25) is 19.4 Å². The van der Waals surface area contributed by atoms with Crippen LogP contribution in [0, 0.1) is 0 Å². The van der Waals surface area contributed by atoms with E-state index in [2.05, 4.69) is 0 Å². The zero-order valence-electron chi connectivity index (χ0n) is 14.6. The Morgan fingerprint density at radius 1 is 0.615 bits per heavy atom. The molecule has 0 spiro atoms. The van der Waals surface area contributed by atoms with E-state index >= 15 is 0 Å². The van der Waals surface area contributed by atoms with Crippen molar-refractivity contribution in [1.29, 1.82) is 0 Å². The molecule has 0 atom stereocenters. The van der Waals surface area contributed by atoms with Gasteiger partial charge in [0.05, 0.1) is 0 Å². The van der Waals surface area contributed by atoms with Crippen LogP contribution >= 0.6 is 0 Å². The van der Waals surface area contributed by atoms with E-state index in [4.69, 9.17) is 0 Å². The largest absolute Gasteiger partial charge is 0.333 e. The maximum atomic E-state index is 12.8. The van der Waals surface area contributed by atoms with E-state index in [0.29, 0.717) is 12.8 Å². The highest BCUT2D eigenvalue weighted by Gasteiger charge is 2.33. The zero-order valence-corrected chi connectivity index (χ0v) is 14.6. The Morgan fingerprint density at radius 2 is 1.00 bits per heavy atom. The molecule has 0 aliphatic carbocycles. The highest BCUT2D eigenvalue weighted by atomic mass is 16.2. The average molecular weight is 350 g/mol. The fraction of sp³-hybridized carbons (Fsp3) is 0.286. The minimum absolute atomic E-state index is 0.0845. The van der Waals surface area contributed by atoms with Crippen LogP contribution in [-0.2, 0) is 22.4 Å². The van der Waals surface area contributed by atoms with Gasteiger partial charge in [-0.25, -0.2) is 4.79 Å². The van der Waals surface area contributed by atoms with Gasteiger partial charge in [-0.05, 0) is 24.0 Å². The van der Waals surface area contributed by atoms with Gasteiger partial charge in [0, 0.05) is 25.9 Å². The summed E-state index contributed by atoms with van der Waals surface area (Å²) in [4.78, 5) is 39.9. The second-order valence-electron chi connectivity index (χ2n) is 6.34. The number of nitrogens with zero attached hydrogens (tertiary/aromatic N) is 2. The summed E-state index contributed by atoms with van der Waals surface area (Å²) in [6.45, 7) is 0.577. The first-order valence-corrected chi connectivity index (χ1v) is 8.87. The number of carbonyl (C=O) groups excluding carboxylic acids is 3. The minimum Gasteiger partial charge on any atom is -0.274 e. The Balaban J connectivity index is 1.69. The predicted octanol–water partition coefficient (Wildman–Crippen LogP) is 3.04. The van der Waals surface area contributed by atoms with Crippen LogP contribution in [0.3, 0.4) is 0 Å². The second kappa shape index (κ2) is 8.43. The Morgan fingerprint density at radius 3 is 1.38 bits per heavy atom. The van der Waals surface area contributed by atoms with E-state index in [0.717, 1.165) is 11.1 Å². The molecule has 3 rings (SSSR count). The Hall–Kier alpha value is -2.95. The van der Waals surface area contributed by atoms with Crippen molar-refractivity contribution in [2.24, 2.45) is 0 Å². The SMILES string of the molecule is O=C1CCC(=O)N(CCc2ccccc2)C(=O)N1CCc1ccccc1. The molecule has 0 radical (unpaired) electrons. The summed E-state index contributed by atoms with van der Waals surface area (Å²) >= 11 is 0. The molecule has 1 aliphatic rings. The number of hydrogen-bond donors (Lipinski definition) is 0. The van der Waals surface area contributed by atoms with Crippen molar-refractivity contribution in [3.63, 3.8) is 0 Å². The van der Waals surface area contributed by atoms with Crippen molar-refractivity contribution in [2.75, 3.05) is 13.1 Å². The molecule has 1 saturated heterocycles. The van der Waals surface area contributed by atoms with Crippen molar-refractivity contribution < 1.29 is 14.4 Å². The molecule has 0 aromatic heterocycles. The second-order valence-corrected chi connectivity index (χ2v) is 6.34. The molecule has 0 bridgehead atoms. The fourth-order valence-corrected chi connectivity index (χ4v) is 3.05. The Bertz CT molecular complexity index is 709. The van der Waals surface area contributed by atoms with Gasteiger partial charge in [-0.2, -0.15) is 0 Å². The molecule has 1 aliphatic heterocycles. The van der Waals surface area contributed by atoms with Gasteiger partial charge < -0.3 is 0 Å². The number of rotatable bonds is 6. The number of hydrogen-bond acceptors (Lipinski definition) is 3. The minimum atomic E-state index is -0.496. The molecule has 4 amide bonds. The van der Waals surface area contributed by atoms with Crippen LogP contribution in [0.2, 0.25) is 0 Å². The van der Waals surface area contributed by atoms with E-state index in [-0.39, 0.29) is 37.7 Å². The summed E-state index contributed by atoms with van der Waals surface area (Å²) < 4.78 is 0. The zero-order chi connectivity index (χ0) is 18.4. The van der Waals surface area contributed by atoms with Crippen LogP contribution in [0.5, 0.6) is 0 Å². The number of carbonyl (C=O) groups is 3. The third kappa shape index (κ3) is 4.36. The average Bonchev–Trinajstić information content (AvgIpc) is 2.77. The van der Waals surface area contributed by atoms with Crippen LogP contribution < -0.4 is 0 Å². The lowest BCUT2D eigenvalue weighted by molar-refractivity contribution is -0.129. The number of benzene rings is 2. The van der Waals surface area contributed by atoms with Gasteiger partial charge in [-0.15, -0.1) is 0 Å². The molecule has 134 valence electrons. The summed E-state index contributed by atoms with van der Waals surface area (Å²) in [6, 6.07) is 18.9. The summed E-state index contributed by atoms with van der Waals surface area (Å²) in [7, 11) is 0. The molecule has 0 saturated carbocycles. The van der Waals surface area contributed by atoms with E-state index in [1.807, 2.05) is 60.7 Å². The van der Waals surface area contributed by atoms with Gasteiger partial charge in [0.15, 0.2) is 0 Å². The van der Waals surface area contributed by atoms with Crippen LogP contribution in [-0.4, -0.2) is 40.7 Å². The first-order chi connectivity index (χ1) is 12.6. The quantitative estimate of drug-likeness (QED) is 0.805. The molecular formula is C21H22N2O3. The molecule has 26 heavy (non-hydrogen) atoms. The van der Waals surface area contributed by atoms with Crippen molar-refractivity contribution in [2.45, 2.75) is 25.7 Å². The van der Waals surface area contributed by atoms with E-state index in [1.165, 1.54) is 9.80 Å². The summed E-state index contributed by atoms with van der Waals surface area (Å²) in [6.07, 6.45) is 1.33. The number of amides is 4. The molecule has 1 heterocycles. The van der Waals surface area contributed by atoms with Gasteiger partial charge in [-0.1, -0.05) is 60.7 Å². The normalized spacial score (nSPS) is 15.3. The molecule has 5 heteroatoms. The van der Waals surface area contributed by atoms with E-state index in [9.17, 15) is 14.4 Å². The van der Waals surface area contributed by atoms with Crippen LogP contribution in [0.25, 0.3) is 0 Å². The number of urea groups is 1. The van der Waals surface area contributed by atoms with Crippen molar-refractivity contribution >= 4 is 17.8 Å². The van der Waals surface area contributed by atoms with Gasteiger partial charge in [0.2, 0.25) is 11.8 Å². The Labute approximate surface area is 153 Å². The lowest BCUT2D eigenvalue weighted by Crippen LogP contribution is -2.47. The first kappa shape index (κ1) is 17.9.